The molecular formula is C50H99NO5. The van der Waals surface area contributed by atoms with E-state index in [0.29, 0.717) is 19.3 Å². The van der Waals surface area contributed by atoms with Crippen molar-refractivity contribution in [1.82, 2.24) is 5.32 Å². The summed E-state index contributed by atoms with van der Waals surface area (Å²) in [6, 6.07) is -0.691. The van der Waals surface area contributed by atoms with E-state index in [1.165, 1.54) is 193 Å². The Morgan fingerprint density at radius 1 is 0.446 bits per heavy atom. The molecule has 3 atom stereocenters. The first kappa shape index (κ1) is 54.9. The zero-order chi connectivity index (χ0) is 41.0. The Balaban J connectivity index is 4.51. The van der Waals surface area contributed by atoms with Crippen LogP contribution in [0.5, 0.6) is 0 Å². The summed E-state index contributed by atoms with van der Waals surface area (Å²) >= 11 is 0. The van der Waals surface area contributed by atoms with Gasteiger partial charge in [0.25, 0.3) is 0 Å². The van der Waals surface area contributed by atoms with Crippen LogP contribution in [0.4, 0.5) is 0 Å². The molecule has 0 aliphatic heterocycles. The van der Waals surface area contributed by atoms with Crippen molar-refractivity contribution in [3.8, 4) is 0 Å². The Bertz CT molecular complexity index is 806. The number of carbonyl (C=O) groups excluding carboxylic acids is 2. The molecule has 0 aliphatic carbocycles. The topological polar surface area (TPSA) is 95.9 Å². The third-order valence-corrected chi connectivity index (χ3v) is 11.9. The highest BCUT2D eigenvalue weighted by Gasteiger charge is 2.24. The number of nitrogens with one attached hydrogen (secondary N) is 1. The van der Waals surface area contributed by atoms with Crippen LogP contribution in [0, 0.1) is 0 Å². The maximum atomic E-state index is 13.2. The third kappa shape index (κ3) is 39.7. The highest BCUT2D eigenvalue weighted by molar-refractivity contribution is 5.77. The quantitative estimate of drug-likeness (QED) is 0.0421. The first-order chi connectivity index (χ1) is 27.5. The fraction of sp³-hybridized carbons (Fsp3) is 0.960. The molecule has 6 nitrogen and oxygen atoms in total. The van der Waals surface area contributed by atoms with E-state index in [-0.39, 0.29) is 24.9 Å². The van der Waals surface area contributed by atoms with Gasteiger partial charge in [0.05, 0.1) is 25.2 Å². The molecule has 0 heterocycles. The van der Waals surface area contributed by atoms with Crippen LogP contribution < -0.4 is 5.32 Å². The fourth-order valence-electron chi connectivity index (χ4n) is 8.08. The normalized spacial score (nSPS) is 13.2. The number of rotatable bonds is 46. The maximum absolute atomic E-state index is 13.2. The Kier molecular flexibility index (Phi) is 44.0. The van der Waals surface area contributed by atoms with E-state index in [4.69, 9.17) is 4.74 Å². The molecule has 3 N–H and O–H groups in total. The molecule has 0 aromatic rings. The van der Waals surface area contributed by atoms with Crippen LogP contribution in [0.3, 0.4) is 0 Å². The molecule has 1 amide bonds. The zero-order valence-corrected chi connectivity index (χ0v) is 38.0. The van der Waals surface area contributed by atoms with Gasteiger partial charge in [0.1, 0.15) is 6.10 Å². The molecule has 0 radical (unpaired) electrons. The molecule has 334 valence electrons. The lowest BCUT2D eigenvalue weighted by Crippen LogP contribution is -2.46. The second kappa shape index (κ2) is 45.0. The summed E-state index contributed by atoms with van der Waals surface area (Å²) in [5.41, 5.74) is 0. The lowest BCUT2D eigenvalue weighted by atomic mass is 10.0. The Hall–Kier alpha value is -1.14. The number of hydrogen-bond donors (Lipinski definition) is 3. The molecule has 0 fully saturated rings. The summed E-state index contributed by atoms with van der Waals surface area (Å²) in [7, 11) is 0. The maximum Gasteiger partial charge on any atom is 0.306 e. The molecule has 0 aromatic carbocycles. The minimum atomic E-state index is -0.778. The molecule has 0 saturated heterocycles. The Morgan fingerprint density at radius 2 is 0.750 bits per heavy atom. The number of aliphatic hydroxyl groups excluding tert-OH is 2. The summed E-state index contributed by atoms with van der Waals surface area (Å²) in [6.45, 7) is 6.50. The number of carbonyl (C=O) groups is 2. The van der Waals surface area contributed by atoms with Crippen molar-refractivity contribution in [2.45, 2.75) is 302 Å². The third-order valence-electron chi connectivity index (χ3n) is 11.9. The van der Waals surface area contributed by atoms with Gasteiger partial charge in [-0.1, -0.05) is 245 Å². The first-order valence-electron chi connectivity index (χ1n) is 25.3. The molecular weight excluding hydrogens is 695 g/mol. The fourth-order valence-corrected chi connectivity index (χ4v) is 8.08. The Morgan fingerprint density at radius 3 is 1.09 bits per heavy atom. The second-order valence-corrected chi connectivity index (χ2v) is 17.6. The van der Waals surface area contributed by atoms with E-state index in [1.807, 2.05) is 0 Å². The van der Waals surface area contributed by atoms with Crippen LogP contribution in [-0.2, 0) is 14.3 Å². The Labute approximate surface area is 349 Å². The number of ether oxygens (including phenoxy) is 1. The predicted octanol–water partition coefficient (Wildman–Crippen LogP) is 14.8. The van der Waals surface area contributed by atoms with Crippen LogP contribution in [0.2, 0.25) is 0 Å². The lowest BCUT2D eigenvalue weighted by molar-refractivity contribution is -0.151. The van der Waals surface area contributed by atoms with Crippen molar-refractivity contribution < 1.29 is 24.5 Å². The second-order valence-electron chi connectivity index (χ2n) is 17.6. The average Bonchev–Trinajstić information content (AvgIpc) is 3.19. The van der Waals surface area contributed by atoms with Gasteiger partial charge in [0.2, 0.25) is 5.91 Å². The van der Waals surface area contributed by atoms with Gasteiger partial charge in [-0.15, -0.1) is 0 Å². The van der Waals surface area contributed by atoms with Gasteiger partial charge in [0.15, 0.2) is 0 Å². The highest BCUT2D eigenvalue weighted by atomic mass is 16.5. The van der Waals surface area contributed by atoms with E-state index in [9.17, 15) is 19.8 Å². The van der Waals surface area contributed by atoms with Crippen molar-refractivity contribution in [2.24, 2.45) is 0 Å². The number of esters is 1. The summed E-state index contributed by atoms with van der Waals surface area (Å²) in [4.78, 5) is 26.1. The molecule has 56 heavy (non-hydrogen) atoms. The van der Waals surface area contributed by atoms with Gasteiger partial charge in [-0.05, 0) is 25.7 Å². The van der Waals surface area contributed by atoms with E-state index in [1.54, 1.807) is 0 Å². The van der Waals surface area contributed by atoms with Gasteiger partial charge in [-0.25, -0.2) is 0 Å². The molecule has 6 heteroatoms. The van der Waals surface area contributed by atoms with E-state index in [2.05, 4.69) is 26.1 Å². The van der Waals surface area contributed by atoms with Gasteiger partial charge in [0, 0.05) is 6.42 Å². The van der Waals surface area contributed by atoms with Crippen molar-refractivity contribution in [3.05, 3.63) is 0 Å². The predicted molar refractivity (Wildman–Crippen MR) is 241 cm³/mol. The van der Waals surface area contributed by atoms with Crippen LogP contribution in [-0.4, -0.2) is 46.9 Å². The lowest BCUT2D eigenvalue weighted by Gasteiger charge is -2.24. The standard InChI is InChI=1S/C50H99NO5/c1-4-7-10-13-16-19-22-24-27-29-32-35-38-41-46(56-50(55)43-40-37-34-31-26-21-18-15-12-9-6-3)44-49(54)51-47(45-52)48(53)42-39-36-33-30-28-25-23-20-17-14-11-8-5-2/h46-48,52-53H,4-45H2,1-3H3,(H,51,54). The molecule has 0 aromatic heterocycles. The van der Waals surface area contributed by atoms with Crippen molar-refractivity contribution >= 4 is 11.9 Å². The average molecular weight is 794 g/mol. The monoisotopic (exact) mass is 794 g/mol. The summed E-state index contributed by atoms with van der Waals surface area (Å²) in [5, 5.41) is 23.7. The SMILES string of the molecule is CCCCCCCCCCCCCCCC(CC(=O)NC(CO)C(O)CCCCCCCCCCCCCCC)OC(=O)CCCCCCCCCCCCC. The van der Waals surface area contributed by atoms with Gasteiger partial charge in [-0.2, -0.15) is 0 Å². The summed E-state index contributed by atoms with van der Waals surface area (Å²) in [6.07, 6.45) is 47.3. The van der Waals surface area contributed by atoms with Crippen molar-refractivity contribution in [2.75, 3.05) is 6.61 Å². The molecule has 0 rings (SSSR count). The van der Waals surface area contributed by atoms with Crippen molar-refractivity contribution in [3.63, 3.8) is 0 Å². The molecule has 0 aliphatic rings. The minimum absolute atomic E-state index is 0.0875. The van der Waals surface area contributed by atoms with E-state index >= 15 is 0 Å². The zero-order valence-electron chi connectivity index (χ0n) is 38.0. The van der Waals surface area contributed by atoms with Crippen molar-refractivity contribution in [1.29, 1.82) is 0 Å². The minimum Gasteiger partial charge on any atom is -0.462 e. The van der Waals surface area contributed by atoms with E-state index < -0.39 is 18.2 Å². The highest BCUT2D eigenvalue weighted by Crippen LogP contribution is 2.19. The molecule has 0 spiro atoms. The smallest absolute Gasteiger partial charge is 0.306 e. The van der Waals surface area contributed by atoms with Gasteiger partial charge in [-0.3, -0.25) is 9.59 Å². The van der Waals surface area contributed by atoms with Crippen LogP contribution in [0.15, 0.2) is 0 Å². The molecule has 0 saturated carbocycles. The van der Waals surface area contributed by atoms with Crippen LogP contribution in [0.1, 0.15) is 284 Å². The summed E-state index contributed by atoms with van der Waals surface area (Å²) in [5.74, 6) is -0.453. The molecule has 0 bridgehead atoms. The van der Waals surface area contributed by atoms with Gasteiger partial charge < -0.3 is 20.3 Å². The number of unbranched alkanes of at least 4 members (excludes halogenated alkanes) is 34. The summed E-state index contributed by atoms with van der Waals surface area (Å²) < 4.78 is 5.92. The molecule has 3 unspecified atom stereocenters. The number of amides is 1. The van der Waals surface area contributed by atoms with Crippen LogP contribution in [0.25, 0.3) is 0 Å². The van der Waals surface area contributed by atoms with Crippen LogP contribution >= 0.6 is 0 Å². The largest absolute Gasteiger partial charge is 0.462 e. The first-order valence-corrected chi connectivity index (χ1v) is 25.3. The number of hydrogen-bond acceptors (Lipinski definition) is 5. The number of aliphatic hydroxyl groups is 2. The van der Waals surface area contributed by atoms with E-state index in [0.717, 1.165) is 44.9 Å². The van der Waals surface area contributed by atoms with Gasteiger partial charge >= 0.3 is 5.97 Å².